The zero-order valence-electron chi connectivity index (χ0n) is 9.33. The second-order valence-electron chi connectivity index (χ2n) is 3.82. The number of esters is 1. The van der Waals surface area contributed by atoms with E-state index in [9.17, 15) is 14.4 Å². The van der Waals surface area contributed by atoms with E-state index in [1.54, 1.807) is 6.07 Å². The van der Waals surface area contributed by atoms with E-state index >= 15 is 0 Å². The van der Waals surface area contributed by atoms with Gasteiger partial charge < -0.3 is 9.84 Å². The Balaban J connectivity index is 2.17. The van der Waals surface area contributed by atoms with Crippen molar-refractivity contribution in [3.63, 3.8) is 0 Å². The maximum atomic E-state index is 11.8. The Morgan fingerprint density at radius 2 is 1.89 bits per heavy atom. The minimum Gasteiger partial charge on any atom is -0.478 e. The summed E-state index contributed by atoms with van der Waals surface area (Å²) < 4.78 is 5.05. The molecule has 2 rings (SSSR count). The van der Waals surface area contributed by atoms with Gasteiger partial charge in [-0.2, -0.15) is 0 Å². The van der Waals surface area contributed by atoms with Crippen LogP contribution in [0, 0.1) is 0 Å². The number of ketones is 1. The third kappa shape index (κ3) is 2.45. The first kappa shape index (κ1) is 12.0. The molecule has 0 saturated carbocycles. The quantitative estimate of drug-likeness (QED) is 0.816. The van der Waals surface area contributed by atoms with E-state index in [-0.39, 0.29) is 23.3 Å². The zero-order chi connectivity index (χ0) is 13.1. The van der Waals surface area contributed by atoms with Gasteiger partial charge in [-0.25, -0.2) is 9.59 Å². The van der Waals surface area contributed by atoms with Gasteiger partial charge >= 0.3 is 11.9 Å². The third-order valence-electron chi connectivity index (χ3n) is 2.53. The molecule has 1 aromatic carbocycles. The molecule has 0 aromatic heterocycles. The topological polar surface area (TPSA) is 80.7 Å². The monoisotopic (exact) mass is 246 g/mol. The predicted octanol–water partition coefficient (Wildman–Crippen LogP) is 1.44. The number of hydrogen-bond acceptors (Lipinski definition) is 4. The highest BCUT2D eigenvalue weighted by atomic mass is 16.5. The summed E-state index contributed by atoms with van der Waals surface area (Å²) in [6.07, 6.45) is 2.35. The van der Waals surface area contributed by atoms with Crippen LogP contribution in [0.5, 0.6) is 0 Å². The first-order chi connectivity index (χ1) is 8.58. The molecule has 0 aliphatic heterocycles. The molecular weight excluding hydrogens is 236 g/mol. The third-order valence-corrected chi connectivity index (χ3v) is 2.53. The highest BCUT2D eigenvalue weighted by Gasteiger charge is 2.23. The van der Waals surface area contributed by atoms with Crippen LogP contribution in [0.15, 0.2) is 36.4 Å². The average molecular weight is 246 g/mol. The van der Waals surface area contributed by atoms with E-state index in [0.29, 0.717) is 0 Å². The van der Waals surface area contributed by atoms with Gasteiger partial charge in [0.15, 0.2) is 5.78 Å². The Morgan fingerprint density at radius 3 is 2.44 bits per heavy atom. The van der Waals surface area contributed by atoms with Crippen LogP contribution in [0.25, 0.3) is 0 Å². The molecule has 0 fully saturated rings. The maximum Gasteiger partial charge on any atom is 0.339 e. The summed E-state index contributed by atoms with van der Waals surface area (Å²) in [7, 11) is 0. The van der Waals surface area contributed by atoms with Crippen LogP contribution in [0.2, 0.25) is 0 Å². The molecule has 0 heterocycles. The molecule has 1 aliphatic rings. The van der Waals surface area contributed by atoms with Gasteiger partial charge in [0.2, 0.25) is 0 Å². The Morgan fingerprint density at radius 1 is 1.22 bits per heavy atom. The summed E-state index contributed by atoms with van der Waals surface area (Å²) in [5.74, 6) is -2.04. The molecule has 0 radical (unpaired) electrons. The molecule has 5 nitrogen and oxygen atoms in total. The molecule has 0 amide bonds. The predicted molar refractivity (Wildman–Crippen MR) is 61.4 cm³/mol. The highest BCUT2D eigenvalue weighted by Crippen LogP contribution is 2.15. The molecule has 1 unspecified atom stereocenters. The number of aromatic carboxylic acids is 1. The van der Waals surface area contributed by atoms with Gasteiger partial charge in [-0.05, 0) is 24.3 Å². The molecule has 1 N–H and O–H groups in total. The van der Waals surface area contributed by atoms with E-state index < -0.39 is 18.0 Å². The van der Waals surface area contributed by atoms with Crippen LogP contribution in [-0.4, -0.2) is 28.9 Å². The molecule has 5 heteroatoms. The molecule has 0 saturated heterocycles. The van der Waals surface area contributed by atoms with Gasteiger partial charge in [-0.1, -0.05) is 12.1 Å². The highest BCUT2D eigenvalue weighted by molar-refractivity contribution is 6.02. The molecular formula is C13H10O5. The van der Waals surface area contributed by atoms with Gasteiger partial charge in [-0.3, -0.25) is 4.79 Å². The molecule has 1 aromatic rings. The van der Waals surface area contributed by atoms with Crippen LogP contribution in [0.1, 0.15) is 27.1 Å². The zero-order valence-corrected chi connectivity index (χ0v) is 9.33. The van der Waals surface area contributed by atoms with Gasteiger partial charge in [0.25, 0.3) is 0 Å². The SMILES string of the molecule is O=C1C=CC(OC(=O)c2ccccc2C(=O)O)C1. The summed E-state index contributed by atoms with van der Waals surface area (Å²) in [4.78, 5) is 33.7. The number of ether oxygens (including phenoxy) is 1. The minimum absolute atomic E-state index is 0.0160. The number of carbonyl (C=O) groups excluding carboxylic acids is 2. The van der Waals surface area contributed by atoms with E-state index in [2.05, 4.69) is 0 Å². The van der Waals surface area contributed by atoms with Crippen molar-refractivity contribution in [3.8, 4) is 0 Å². The number of rotatable bonds is 3. The van der Waals surface area contributed by atoms with Crippen molar-refractivity contribution in [1.82, 2.24) is 0 Å². The van der Waals surface area contributed by atoms with Crippen molar-refractivity contribution in [2.45, 2.75) is 12.5 Å². The lowest BCUT2D eigenvalue weighted by Crippen LogP contribution is -2.18. The fraction of sp³-hybridized carbons (Fsp3) is 0.154. The lowest BCUT2D eigenvalue weighted by molar-refractivity contribution is -0.115. The van der Waals surface area contributed by atoms with Crippen molar-refractivity contribution in [2.24, 2.45) is 0 Å². The van der Waals surface area contributed by atoms with Gasteiger partial charge in [0.05, 0.1) is 17.5 Å². The fourth-order valence-electron chi connectivity index (χ4n) is 1.68. The molecule has 1 aliphatic carbocycles. The van der Waals surface area contributed by atoms with E-state index in [1.165, 1.54) is 30.4 Å². The summed E-state index contributed by atoms with van der Waals surface area (Å²) in [5.41, 5.74) is -0.131. The smallest absolute Gasteiger partial charge is 0.339 e. The number of carbonyl (C=O) groups is 3. The lowest BCUT2D eigenvalue weighted by atomic mass is 10.1. The van der Waals surface area contributed by atoms with Crippen LogP contribution in [0.4, 0.5) is 0 Å². The van der Waals surface area contributed by atoms with Crippen molar-refractivity contribution in [3.05, 3.63) is 47.5 Å². The molecule has 18 heavy (non-hydrogen) atoms. The van der Waals surface area contributed by atoms with Crippen LogP contribution >= 0.6 is 0 Å². The molecule has 0 bridgehead atoms. The second kappa shape index (κ2) is 4.83. The Hall–Kier alpha value is -2.43. The van der Waals surface area contributed by atoms with E-state index in [0.717, 1.165) is 0 Å². The summed E-state index contributed by atoms with van der Waals surface area (Å²) in [5, 5.41) is 8.94. The van der Waals surface area contributed by atoms with Crippen molar-refractivity contribution >= 4 is 17.7 Å². The van der Waals surface area contributed by atoms with Crippen molar-refractivity contribution in [1.29, 1.82) is 0 Å². The first-order valence-corrected chi connectivity index (χ1v) is 5.32. The van der Waals surface area contributed by atoms with Gasteiger partial charge in [0, 0.05) is 0 Å². The Bertz CT molecular complexity index is 544. The summed E-state index contributed by atoms with van der Waals surface area (Å²) in [6.45, 7) is 0. The summed E-state index contributed by atoms with van der Waals surface area (Å²) >= 11 is 0. The van der Waals surface area contributed by atoms with Crippen molar-refractivity contribution < 1.29 is 24.2 Å². The Kier molecular flexibility index (Phi) is 3.23. The lowest BCUT2D eigenvalue weighted by Gasteiger charge is -2.10. The number of carboxylic acid groups (broad SMARTS) is 1. The van der Waals surface area contributed by atoms with Crippen LogP contribution in [0.3, 0.4) is 0 Å². The maximum absolute atomic E-state index is 11.8. The minimum atomic E-state index is -1.19. The van der Waals surface area contributed by atoms with Gasteiger partial charge in [0.1, 0.15) is 6.10 Å². The standard InChI is InChI=1S/C13H10O5/c14-8-5-6-9(7-8)18-13(17)11-4-2-1-3-10(11)12(15)16/h1-6,9H,7H2,(H,15,16). The number of benzene rings is 1. The average Bonchev–Trinajstić information content (AvgIpc) is 2.74. The molecule has 1 atom stereocenters. The molecule has 0 spiro atoms. The first-order valence-electron chi connectivity index (χ1n) is 5.32. The fourth-order valence-corrected chi connectivity index (χ4v) is 1.68. The second-order valence-corrected chi connectivity index (χ2v) is 3.82. The largest absolute Gasteiger partial charge is 0.478 e. The molecule has 92 valence electrons. The Labute approximate surface area is 103 Å². The van der Waals surface area contributed by atoms with E-state index in [4.69, 9.17) is 9.84 Å². The van der Waals surface area contributed by atoms with Crippen LogP contribution < -0.4 is 0 Å². The van der Waals surface area contributed by atoms with E-state index in [1.807, 2.05) is 0 Å². The number of allylic oxidation sites excluding steroid dienone is 1. The van der Waals surface area contributed by atoms with Gasteiger partial charge in [-0.15, -0.1) is 0 Å². The number of carboxylic acids is 1. The summed E-state index contributed by atoms with van der Waals surface area (Å²) in [6, 6.07) is 5.79. The normalized spacial score (nSPS) is 17.8. The number of hydrogen-bond donors (Lipinski definition) is 1. The van der Waals surface area contributed by atoms with Crippen LogP contribution in [-0.2, 0) is 9.53 Å². The van der Waals surface area contributed by atoms with Crippen molar-refractivity contribution in [2.75, 3.05) is 0 Å².